The van der Waals surface area contributed by atoms with Gasteiger partial charge in [-0.05, 0) is 43.6 Å². The summed E-state index contributed by atoms with van der Waals surface area (Å²) in [6.45, 7) is 11.1. The molecule has 1 aliphatic rings. The maximum atomic E-state index is 13.5. The lowest BCUT2D eigenvalue weighted by atomic mass is 10.0. The van der Waals surface area contributed by atoms with E-state index in [1.54, 1.807) is 6.07 Å². The van der Waals surface area contributed by atoms with Crippen molar-refractivity contribution in [2.24, 2.45) is 5.73 Å². The number of likely N-dealkylation sites (N-methyl/N-ethyl adjacent to an activating group) is 1. The molecule has 2 unspecified atom stereocenters. The third kappa shape index (κ3) is 3.62. The van der Waals surface area contributed by atoms with Crippen LogP contribution in [-0.4, -0.2) is 48.6 Å². The van der Waals surface area contributed by atoms with E-state index in [-0.39, 0.29) is 11.9 Å². The van der Waals surface area contributed by atoms with Crippen LogP contribution in [0.4, 0.5) is 4.39 Å². The Morgan fingerprint density at radius 3 is 2.67 bits per heavy atom. The lowest BCUT2D eigenvalue weighted by Crippen LogP contribution is -2.39. The fraction of sp³-hybridized carbons (Fsp3) is 0.647. The molecule has 1 saturated heterocycles. The van der Waals surface area contributed by atoms with Gasteiger partial charge in [0.15, 0.2) is 0 Å². The Balaban J connectivity index is 2.10. The molecule has 1 fully saturated rings. The second-order valence-corrected chi connectivity index (χ2v) is 5.92. The number of halogens is 1. The summed E-state index contributed by atoms with van der Waals surface area (Å²) >= 11 is 0. The van der Waals surface area contributed by atoms with E-state index in [0.717, 1.165) is 31.7 Å². The van der Waals surface area contributed by atoms with Gasteiger partial charge in [-0.15, -0.1) is 0 Å². The molecule has 0 aromatic heterocycles. The van der Waals surface area contributed by atoms with E-state index in [2.05, 4.69) is 23.6 Å². The summed E-state index contributed by atoms with van der Waals surface area (Å²) in [6, 6.07) is 6.20. The molecule has 1 aliphatic heterocycles. The Morgan fingerprint density at radius 1 is 1.38 bits per heavy atom. The molecule has 0 spiro atoms. The van der Waals surface area contributed by atoms with Gasteiger partial charge in [-0.2, -0.15) is 0 Å². The summed E-state index contributed by atoms with van der Waals surface area (Å²) < 4.78 is 13.5. The Bertz CT molecular complexity index is 459. The topological polar surface area (TPSA) is 32.5 Å². The fourth-order valence-electron chi connectivity index (χ4n) is 3.46. The monoisotopic (exact) mass is 293 g/mol. The molecule has 1 aromatic carbocycles. The zero-order valence-electron chi connectivity index (χ0n) is 13.5. The molecule has 0 radical (unpaired) electrons. The van der Waals surface area contributed by atoms with Crippen molar-refractivity contribution in [3.8, 4) is 0 Å². The molecular formula is C17H28FN3. The van der Waals surface area contributed by atoms with E-state index in [4.69, 9.17) is 5.73 Å². The molecule has 1 heterocycles. The molecule has 0 saturated carbocycles. The van der Waals surface area contributed by atoms with Gasteiger partial charge in [0.1, 0.15) is 5.82 Å². The van der Waals surface area contributed by atoms with Crippen LogP contribution >= 0.6 is 0 Å². The molecule has 2 rings (SSSR count). The van der Waals surface area contributed by atoms with Crippen molar-refractivity contribution in [3.63, 3.8) is 0 Å². The molecule has 0 amide bonds. The predicted octanol–water partition coefficient (Wildman–Crippen LogP) is 2.55. The number of likely N-dealkylation sites (tertiary alicyclic amines) is 1. The van der Waals surface area contributed by atoms with Crippen molar-refractivity contribution in [2.75, 3.05) is 32.7 Å². The van der Waals surface area contributed by atoms with E-state index in [1.807, 2.05) is 19.1 Å². The first-order valence-electron chi connectivity index (χ1n) is 8.04. The second-order valence-electron chi connectivity index (χ2n) is 5.92. The first-order chi connectivity index (χ1) is 10.1. The molecule has 4 heteroatoms. The fourth-order valence-corrected chi connectivity index (χ4v) is 3.46. The number of hydrogen-bond acceptors (Lipinski definition) is 3. The van der Waals surface area contributed by atoms with Crippen molar-refractivity contribution >= 4 is 0 Å². The third-order valence-electron chi connectivity index (χ3n) is 4.75. The van der Waals surface area contributed by atoms with Gasteiger partial charge in [0.2, 0.25) is 0 Å². The maximum Gasteiger partial charge on any atom is 0.126 e. The normalized spacial score (nSPS) is 21.1. The van der Waals surface area contributed by atoms with Crippen molar-refractivity contribution in [3.05, 3.63) is 35.1 Å². The van der Waals surface area contributed by atoms with Crippen LogP contribution in [-0.2, 0) is 0 Å². The SMILES string of the molecule is CCN(CC)C1CCN(C(CN)c2ccc(F)c(C)c2)C1. The van der Waals surface area contributed by atoms with Gasteiger partial charge in [0.25, 0.3) is 0 Å². The van der Waals surface area contributed by atoms with Crippen molar-refractivity contribution in [2.45, 2.75) is 39.3 Å². The van der Waals surface area contributed by atoms with Crippen molar-refractivity contribution in [1.82, 2.24) is 9.80 Å². The van der Waals surface area contributed by atoms with E-state index in [9.17, 15) is 4.39 Å². The first-order valence-corrected chi connectivity index (χ1v) is 8.04. The number of nitrogens with two attached hydrogens (primary N) is 1. The van der Waals surface area contributed by atoms with E-state index >= 15 is 0 Å². The summed E-state index contributed by atoms with van der Waals surface area (Å²) in [4.78, 5) is 4.97. The van der Waals surface area contributed by atoms with Gasteiger partial charge >= 0.3 is 0 Å². The lowest BCUT2D eigenvalue weighted by Gasteiger charge is -2.30. The standard InChI is InChI=1S/C17H28FN3/c1-4-20(5-2)15-8-9-21(12-15)17(11-19)14-6-7-16(18)13(3)10-14/h6-7,10,15,17H,4-5,8-9,11-12,19H2,1-3H3. The predicted molar refractivity (Wildman–Crippen MR) is 85.8 cm³/mol. The highest BCUT2D eigenvalue weighted by Crippen LogP contribution is 2.27. The first kappa shape index (κ1) is 16.4. The number of nitrogens with zero attached hydrogens (tertiary/aromatic N) is 2. The van der Waals surface area contributed by atoms with Crippen LogP contribution in [0, 0.1) is 12.7 Å². The van der Waals surface area contributed by atoms with Gasteiger partial charge in [-0.1, -0.05) is 26.0 Å². The molecule has 2 N–H and O–H groups in total. The summed E-state index contributed by atoms with van der Waals surface area (Å²) in [6.07, 6.45) is 1.19. The van der Waals surface area contributed by atoms with E-state index in [1.165, 1.54) is 6.42 Å². The van der Waals surface area contributed by atoms with Gasteiger partial charge < -0.3 is 5.73 Å². The average molecular weight is 293 g/mol. The highest BCUT2D eigenvalue weighted by Gasteiger charge is 2.30. The summed E-state index contributed by atoms with van der Waals surface area (Å²) in [5.74, 6) is -0.142. The van der Waals surface area contributed by atoms with Gasteiger partial charge in [0, 0.05) is 31.7 Å². The van der Waals surface area contributed by atoms with Crippen LogP contribution < -0.4 is 5.73 Å². The van der Waals surface area contributed by atoms with Gasteiger partial charge in [-0.3, -0.25) is 9.80 Å². The quantitative estimate of drug-likeness (QED) is 0.875. The highest BCUT2D eigenvalue weighted by molar-refractivity contribution is 5.27. The highest BCUT2D eigenvalue weighted by atomic mass is 19.1. The second kappa shape index (κ2) is 7.34. The minimum atomic E-state index is -0.142. The molecule has 3 nitrogen and oxygen atoms in total. The molecule has 1 aromatic rings. The molecule has 118 valence electrons. The number of rotatable bonds is 6. The largest absolute Gasteiger partial charge is 0.329 e. The summed E-state index contributed by atoms with van der Waals surface area (Å²) in [5, 5.41) is 0. The Labute approximate surface area is 127 Å². The lowest BCUT2D eigenvalue weighted by molar-refractivity contribution is 0.189. The third-order valence-corrected chi connectivity index (χ3v) is 4.75. The maximum absolute atomic E-state index is 13.5. The Hall–Kier alpha value is -0.970. The van der Waals surface area contributed by atoms with Crippen LogP contribution in [0.15, 0.2) is 18.2 Å². The average Bonchev–Trinajstić information content (AvgIpc) is 2.94. The van der Waals surface area contributed by atoms with Crippen LogP contribution in [0.2, 0.25) is 0 Å². The number of hydrogen-bond donors (Lipinski definition) is 1. The molecule has 0 aliphatic carbocycles. The van der Waals surface area contributed by atoms with E-state index in [0.29, 0.717) is 18.2 Å². The summed E-state index contributed by atoms with van der Waals surface area (Å²) in [5.41, 5.74) is 7.85. The van der Waals surface area contributed by atoms with Crippen molar-refractivity contribution in [1.29, 1.82) is 0 Å². The zero-order valence-corrected chi connectivity index (χ0v) is 13.5. The Kier molecular flexibility index (Phi) is 5.73. The van der Waals surface area contributed by atoms with Crippen LogP contribution in [0.25, 0.3) is 0 Å². The molecule has 0 bridgehead atoms. The van der Waals surface area contributed by atoms with Crippen molar-refractivity contribution < 1.29 is 4.39 Å². The zero-order chi connectivity index (χ0) is 15.4. The van der Waals surface area contributed by atoms with Gasteiger partial charge in [0.05, 0.1) is 0 Å². The van der Waals surface area contributed by atoms with Crippen LogP contribution in [0.3, 0.4) is 0 Å². The number of benzene rings is 1. The minimum absolute atomic E-state index is 0.142. The van der Waals surface area contributed by atoms with Crippen LogP contribution in [0.5, 0.6) is 0 Å². The molecule has 2 atom stereocenters. The number of aryl methyl sites for hydroxylation is 1. The smallest absolute Gasteiger partial charge is 0.126 e. The van der Waals surface area contributed by atoms with Gasteiger partial charge in [-0.25, -0.2) is 4.39 Å². The molecule has 21 heavy (non-hydrogen) atoms. The Morgan fingerprint density at radius 2 is 2.10 bits per heavy atom. The van der Waals surface area contributed by atoms with Crippen LogP contribution in [0.1, 0.15) is 37.4 Å². The summed E-state index contributed by atoms with van der Waals surface area (Å²) in [7, 11) is 0. The minimum Gasteiger partial charge on any atom is -0.329 e. The van der Waals surface area contributed by atoms with E-state index < -0.39 is 0 Å². The molecular weight excluding hydrogens is 265 g/mol.